The van der Waals surface area contributed by atoms with E-state index in [1.807, 2.05) is 0 Å². The molecule has 2 aromatic rings. The van der Waals surface area contributed by atoms with E-state index >= 15 is 0 Å². The first-order valence-electron chi connectivity index (χ1n) is 5.83. The van der Waals surface area contributed by atoms with Crippen molar-refractivity contribution in [1.82, 2.24) is 5.32 Å². The Labute approximate surface area is 109 Å². The molecular weight excluding hydrogens is 255 g/mol. The van der Waals surface area contributed by atoms with Gasteiger partial charge in [-0.25, -0.2) is 13.2 Å². The van der Waals surface area contributed by atoms with Crippen LogP contribution in [0, 0.1) is 31.3 Å². The van der Waals surface area contributed by atoms with Crippen molar-refractivity contribution < 1.29 is 17.6 Å². The van der Waals surface area contributed by atoms with Gasteiger partial charge in [0.2, 0.25) is 0 Å². The van der Waals surface area contributed by atoms with Gasteiger partial charge in [0.05, 0.1) is 6.04 Å². The summed E-state index contributed by atoms with van der Waals surface area (Å²) < 4.78 is 45.5. The third kappa shape index (κ3) is 2.38. The lowest BCUT2D eigenvalue weighted by molar-refractivity contribution is 0.434. The minimum absolute atomic E-state index is 0.0466. The minimum Gasteiger partial charge on any atom is -0.466 e. The van der Waals surface area contributed by atoms with Gasteiger partial charge in [0.15, 0.2) is 17.5 Å². The number of furan rings is 1. The molecular formula is C14H14F3NO. The van der Waals surface area contributed by atoms with Gasteiger partial charge in [0, 0.05) is 11.1 Å². The zero-order valence-electron chi connectivity index (χ0n) is 10.9. The molecule has 1 aromatic heterocycles. The average Bonchev–Trinajstić information content (AvgIpc) is 2.69. The SMILES string of the molecule is CNC(c1cc(C)oc1C)c1ccc(F)c(F)c1F. The van der Waals surface area contributed by atoms with E-state index in [1.54, 1.807) is 27.0 Å². The molecule has 1 atom stereocenters. The zero-order chi connectivity index (χ0) is 14.2. The summed E-state index contributed by atoms with van der Waals surface area (Å²) in [5.74, 6) is -2.55. The van der Waals surface area contributed by atoms with Crippen LogP contribution >= 0.6 is 0 Å². The molecule has 0 aliphatic heterocycles. The van der Waals surface area contributed by atoms with Crippen LogP contribution in [0.5, 0.6) is 0 Å². The molecule has 0 spiro atoms. The summed E-state index contributed by atoms with van der Waals surface area (Å²) in [4.78, 5) is 0. The Morgan fingerprint density at radius 1 is 1.05 bits per heavy atom. The molecule has 1 N–H and O–H groups in total. The van der Waals surface area contributed by atoms with E-state index in [0.717, 1.165) is 6.07 Å². The highest BCUT2D eigenvalue weighted by molar-refractivity contribution is 5.35. The quantitative estimate of drug-likeness (QED) is 0.861. The van der Waals surface area contributed by atoms with Gasteiger partial charge in [-0.3, -0.25) is 0 Å². The first kappa shape index (κ1) is 13.7. The minimum atomic E-state index is -1.46. The second kappa shape index (κ2) is 5.09. The molecule has 0 fully saturated rings. The van der Waals surface area contributed by atoms with Crippen LogP contribution in [0.2, 0.25) is 0 Å². The van der Waals surface area contributed by atoms with Gasteiger partial charge < -0.3 is 9.73 Å². The molecule has 102 valence electrons. The molecule has 1 aromatic carbocycles. The predicted octanol–water partition coefficient (Wildman–Crippen LogP) is 3.62. The topological polar surface area (TPSA) is 25.2 Å². The Bertz CT molecular complexity index is 607. The number of aryl methyl sites for hydroxylation is 2. The first-order valence-corrected chi connectivity index (χ1v) is 5.83. The van der Waals surface area contributed by atoms with Gasteiger partial charge in [-0.2, -0.15) is 0 Å². The number of rotatable bonds is 3. The predicted molar refractivity (Wildman–Crippen MR) is 65.4 cm³/mol. The fourth-order valence-corrected chi connectivity index (χ4v) is 2.18. The van der Waals surface area contributed by atoms with Crippen LogP contribution in [-0.2, 0) is 0 Å². The van der Waals surface area contributed by atoms with Gasteiger partial charge in [-0.05, 0) is 33.0 Å². The zero-order valence-corrected chi connectivity index (χ0v) is 10.9. The highest BCUT2D eigenvalue weighted by Gasteiger charge is 2.23. The Morgan fingerprint density at radius 3 is 2.26 bits per heavy atom. The number of benzene rings is 1. The summed E-state index contributed by atoms with van der Waals surface area (Å²) >= 11 is 0. The molecule has 0 saturated heterocycles. The van der Waals surface area contributed by atoms with Gasteiger partial charge in [0.25, 0.3) is 0 Å². The van der Waals surface area contributed by atoms with Gasteiger partial charge in [0.1, 0.15) is 11.5 Å². The molecule has 2 rings (SSSR count). The van der Waals surface area contributed by atoms with Crippen molar-refractivity contribution in [2.45, 2.75) is 19.9 Å². The van der Waals surface area contributed by atoms with Crippen LogP contribution in [0.3, 0.4) is 0 Å². The number of halogens is 3. The number of nitrogens with one attached hydrogen (secondary N) is 1. The van der Waals surface area contributed by atoms with Crippen LogP contribution in [0.15, 0.2) is 22.6 Å². The van der Waals surface area contributed by atoms with Crippen molar-refractivity contribution in [2.24, 2.45) is 0 Å². The van der Waals surface area contributed by atoms with Crippen molar-refractivity contribution in [2.75, 3.05) is 7.05 Å². The summed E-state index contributed by atoms with van der Waals surface area (Å²) in [7, 11) is 1.62. The molecule has 0 aliphatic rings. The molecule has 1 heterocycles. The van der Waals surface area contributed by atoms with E-state index in [9.17, 15) is 13.2 Å². The smallest absolute Gasteiger partial charge is 0.194 e. The van der Waals surface area contributed by atoms with Crippen LogP contribution in [0.4, 0.5) is 13.2 Å². The molecule has 0 amide bonds. The molecule has 19 heavy (non-hydrogen) atoms. The van der Waals surface area contributed by atoms with Gasteiger partial charge in [-0.15, -0.1) is 0 Å². The monoisotopic (exact) mass is 269 g/mol. The Balaban J connectivity index is 2.54. The second-order valence-electron chi connectivity index (χ2n) is 4.35. The molecule has 0 bridgehead atoms. The van der Waals surface area contributed by atoms with Crippen molar-refractivity contribution in [3.63, 3.8) is 0 Å². The van der Waals surface area contributed by atoms with E-state index < -0.39 is 23.5 Å². The lowest BCUT2D eigenvalue weighted by Gasteiger charge is -2.17. The third-order valence-corrected chi connectivity index (χ3v) is 3.06. The Morgan fingerprint density at radius 2 is 1.74 bits per heavy atom. The van der Waals surface area contributed by atoms with Gasteiger partial charge >= 0.3 is 0 Å². The highest BCUT2D eigenvalue weighted by Crippen LogP contribution is 2.30. The van der Waals surface area contributed by atoms with Crippen molar-refractivity contribution >= 4 is 0 Å². The fourth-order valence-electron chi connectivity index (χ4n) is 2.18. The van der Waals surface area contributed by atoms with Gasteiger partial charge in [-0.1, -0.05) is 6.07 Å². The van der Waals surface area contributed by atoms with Crippen molar-refractivity contribution in [3.8, 4) is 0 Å². The molecule has 0 radical (unpaired) electrons. The largest absolute Gasteiger partial charge is 0.466 e. The van der Waals surface area contributed by atoms with E-state index in [4.69, 9.17) is 4.42 Å². The normalized spacial score (nSPS) is 12.7. The summed E-state index contributed by atoms with van der Waals surface area (Å²) in [6.07, 6.45) is 0. The van der Waals surface area contributed by atoms with Crippen LogP contribution in [-0.4, -0.2) is 7.05 Å². The van der Waals surface area contributed by atoms with Crippen LogP contribution in [0.1, 0.15) is 28.7 Å². The maximum Gasteiger partial charge on any atom is 0.194 e. The number of hydrogen-bond donors (Lipinski definition) is 1. The molecule has 2 nitrogen and oxygen atoms in total. The molecule has 1 unspecified atom stereocenters. The first-order chi connectivity index (χ1) is 8.95. The highest BCUT2D eigenvalue weighted by atomic mass is 19.2. The van der Waals surface area contributed by atoms with E-state index in [-0.39, 0.29) is 5.56 Å². The fraction of sp³-hybridized carbons (Fsp3) is 0.286. The maximum atomic E-state index is 13.8. The summed E-state index contributed by atoms with van der Waals surface area (Å²) in [6.45, 7) is 3.51. The Kier molecular flexibility index (Phi) is 3.66. The summed E-state index contributed by atoms with van der Waals surface area (Å²) in [6, 6.07) is 3.31. The molecule has 0 aliphatic carbocycles. The standard InChI is InChI=1S/C14H14F3NO/c1-7-6-10(8(2)19-7)14(18-3)9-4-5-11(15)13(17)12(9)16/h4-6,14,18H,1-3H3. The van der Waals surface area contributed by atoms with E-state index in [2.05, 4.69) is 5.32 Å². The third-order valence-electron chi connectivity index (χ3n) is 3.06. The van der Waals surface area contributed by atoms with Crippen LogP contribution < -0.4 is 5.32 Å². The lowest BCUT2D eigenvalue weighted by atomic mass is 9.98. The summed E-state index contributed by atoms with van der Waals surface area (Å²) in [5.41, 5.74) is 0.746. The van der Waals surface area contributed by atoms with Crippen molar-refractivity contribution in [1.29, 1.82) is 0 Å². The molecule has 0 saturated carbocycles. The van der Waals surface area contributed by atoms with E-state index in [0.29, 0.717) is 17.1 Å². The Hall–Kier alpha value is -1.75. The number of hydrogen-bond acceptors (Lipinski definition) is 2. The maximum absolute atomic E-state index is 13.8. The van der Waals surface area contributed by atoms with Crippen molar-refractivity contribution in [3.05, 3.63) is 58.3 Å². The lowest BCUT2D eigenvalue weighted by Crippen LogP contribution is -2.20. The average molecular weight is 269 g/mol. The van der Waals surface area contributed by atoms with Crippen LogP contribution in [0.25, 0.3) is 0 Å². The summed E-state index contributed by atoms with van der Waals surface area (Å²) in [5, 5.41) is 2.89. The van der Waals surface area contributed by atoms with E-state index in [1.165, 1.54) is 6.07 Å². The second-order valence-corrected chi connectivity index (χ2v) is 4.35. The molecule has 5 heteroatoms.